The lowest BCUT2D eigenvalue weighted by molar-refractivity contribution is -0.113. The number of anilines is 1. The van der Waals surface area contributed by atoms with Crippen LogP contribution in [-0.2, 0) is 10.5 Å². The highest BCUT2D eigenvalue weighted by Crippen LogP contribution is 2.21. The standard InChI is InChI=1S/C14H17N3O2S2/c1-9-5-4-6-10(2)13(9)15-11(18)7-21-14-17-16-12(19-14)8-20-3/h4-6H,7-8H2,1-3H3,(H,15,18). The van der Waals surface area contributed by atoms with Crippen molar-refractivity contribution in [2.45, 2.75) is 24.8 Å². The molecular formula is C14H17N3O2S2. The zero-order chi connectivity index (χ0) is 15.2. The molecule has 7 heteroatoms. The lowest BCUT2D eigenvalue weighted by atomic mass is 10.1. The van der Waals surface area contributed by atoms with E-state index in [1.807, 2.05) is 38.3 Å². The number of carbonyl (C=O) groups is 1. The average molecular weight is 323 g/mol. The Hall–Kier alpha value is -1.47. The summed E-state index contributed by atoms with van der Waals surface area (Å²) in [6, 6.07) is 5.92. The number of rotatable bonds is 6. The molecular weight excluding hydrogens is 306 g/mol. The first-order valence-corrected chi connectivity index (χ1v) is 8.78. The average Bonchev–Trinajstić information content (AvgIpc) is 2.89. The fourth-order valence-electron chi connectivity index (χ4n) is 1.79. The van der Waals surface area contributed by atoms with Gasteiger partial charge in [0.15, 0.2) is 0 Å². The summed E-state index contributed by atoms with van der Waals surface area (Å²) in [4.78, 5) is 12.0. The van der Waals surface area contributed by atoms with Crippen molar-refractivity contribution in [2.75, 3.05) is 17.3 Å². The minimum atomic E-state index is -0.0815. The highest BCUT2D eigenvalue weighted by atomic mass is 32.2. The van der Waals surface area contributed by atoms with Crippen molar-refractivity contribution in [3.63, 3.8) is 0 Å². The predicted octanol–water partition coefficient (Wildman–Crippen LogP) is 3.28. The van der Waals surface area contributed by atoms with E-state index in [1.165, 1.54) is 11.8 Å². The van der Waals surface area contributed by atoms with Crippen molar-refractivity contribution in [1.82, 2.24) is 10.2 Å². The summed E-state index contributed by atoms with van der Waals surface area (Å²) in [5.41, 5.74) is 2.97. The topological polar surface area (TPSA) is 68.0 Å². The number of carbonyl (C=O) groups excluding carboxylic acids is 1. The summed E-state index contributed by atoms with van der Waals surface area (Å²) in [5, 5.41) is 11.2. The molecule has 0 fully saturated rings. The van der Waals surface area contributed by atoms with Crippen LogP contribution in [0.5, 0.6) is 0 Å². The molecule has 2 aromatic rings. The third-order valence-electron chi connectivity index (χ3n) is 2.79. The number of thioether (sulfide) groups is 2. The number of aromatic nitrogens is 2. The molecule has 1 aromatic carbocycles. The number of para-hydroxylation sites is 1. The van der Waals surface area contributed by atoms with E-state index >= 15 is 0 Å². The summed E-state index contributed by atoms with van der Waals surface area (Å²) in [5.74, 6) is 1.43. The van der Waals surface area contributed by atoms with Gasteiger partial charge in [-0.2, -0.15) is 11.8 Å². The number of hydrogen-bond acceptors (Lipinski definition) is 6. The molecule has 0 aliphatic carbocycles. The Kier molecular flexibility index (Phi) is 5.69. The Labute approximate surface area is 132 Å². The van der Waals surface area contributed by atoms with Crippen LogP contribution in [0, 0.1) is 13.8 Å². The van der Waals surface area contributed by atoms with Gasteiger partial charge in [-0.1, -0.05) is 30.0 Å². The van der Waals surface area contributed by atoms with Crippen LogP contribution in [0.3, 0.4) is 0 Å². The van der Waals surface area contributed by atoms with Crippen LogP contribution < -0.4 is 5.32 Å². The highest BCUT2D eigenvalue weighted by Gasteiger charge is 2.11. The van der Waals surface area contributed by atoms with Gasteiger partial charge in [-0.15, -0.1) is 10.2 Å². The smallest absolute Gasteiger partial charge is 0.277 e. The van der Waals surface area contributed by atoms with Crippen LogP contribution in [0.25, 0.3) is 0 Å². The van der Waals surface area contributed by atoms with Crippen LogP contribution in [0.15, 0.2) is 27.8 Å². The van der Waals surface area contributed by atoms with E-state index in [9.17, 15) is 4.79 Å². The van der Waals surface area contributed by atoms with Gasteiger partial charge >= 0.3 is 0 Å². The van der Waals surface area contributed by atoms with E-state index in [-0.39, 0.29) is 11.7 Å². The molecule has 0 aliphatic rings. The zero-order valence-corrected chi connectivity index (χ0v) is 13.8. The molecule has 0 unspecified atom stereocenters. The van der Waals surface area contributed by atoms with Gasteiger partial charge < -0.3 is 9.73 Å². The fraction of sp³-hybridized carbons (Fsp3) is 0.357. The molecule has 1 heterocycles. The molecule has 0 saturated carbocycles. The lowest BCUT2D eigenvalue weighted by Gasteiger charge is -2.10. The quantitative estimate of drug-likeness (QED) is 0.823. The maximum absolute atomic E-state index is 12.0. The highest BCUT2D eigenvalue weighted by molar-refractivity contribution is 7.99. The first kappa shape index (κ1) is 15.9. The van der Waals surface area contributed by atoms with E-state index < -0.39 is 0 Å². The van der Waals surface area contributed by atoms with E-state index in [4.69, 9.17) is 4.42 Å². The largest absolute Gasteiger partial charge is 0.415 e. The van der Waals surface area contributed by atoms with Gasteiger partial charge in [0.2, 0.25) is 11.8 Å². The molecule has 1 N–H and O–H groups in total. The molecule has 2 rings (SSSR count). The van der Waals surface area contributed by atoms with Crippen molar-refractivity contribution in [3.05, 3.63) is 35.2 Å². The third kappa shape index (κ3) is 4.50. The molecule has 0 aliphatic heterocycles. The summed E-state index contributed by atoms with van der Waals surface area (Å²) in [6.45, 7) is 3.95. The Morgan fingerprint density at radius 1 is 1.29 bits per heavy atom. The molecule has 112 valence electrons. The first-order chi connectivity index (χ1) is 10.1. The van der Waals surface area contributed by atoms with Crippen molar-refractivity contribution >= 4 is 35.1 Å². The predicted molar refractivity (Wildman–Crippen MR) is 86.8 cm³/mol. The van der Waals surface area contributed by atoms with Gasteiger partial charge in [-0.25, -0.2) is 0 Å². The Balaban J connectivity index is 1.90. The van der Waals surface area contributed by atoms with Crippen LogP contribution in [-0.4, -0.2) is 28.1 Å². The third-order valence-corrected chi connectivity index (χ3v) is 4.14. The first-order valence-electron chi connectivity index (χ1n) is 6.40. The van der Waals surface area contributed by atoms with Crippen molar-refractivity contribution < 1.29 is 9.21 Å². The number of hydrogen-bond donors (Lipinski definition) is 1. The van der Waals surface area contributed by atoms with E-state index in [1.54, 1.807) is 11.8 Å². The molecule has 1 amide bonds. The molecule has 0 atom stereocenters. The van der Waals surface area contributed by atoms with Gasteiger partial charge in [-0.05, 0) is 31.2 Å². The number of nitrogens with zero attached hydrogens (tertiary/aromatic N) is 2. The monoisotopic (exact) mass is 323 g/mol. The van der Waals surface area contributed by atoms with Crippen LogP contribution in [0.2, 0.25) is 0 Å². The molecule has 1 aromatic heterocycles. The minimum Gasteiger partial charge on any atom is -0.415 e. The van der Waals surface area contributed by atoms with E-state index in [2.05, 4.69) is 15.5 Å². The van der Waals surface area contributed by atoms with Crippen molar-refractivity contribution in [3.8, 4) is 0 Å². The lowest BCUT2D eigenvalue weighted by Crippen LogP contribution is -2.15. The van der Waals surface area contributed by atoms with E-state index in [0.29, 0.717) is 16.9 Å². The van der Waals surface area contributed by atoms with Crippen LogP contribution in [0.1, 0.15) is 17.0 Å². The van der Waals surface area contributed by atoms with Gasteiger partial charge in [-0.3, -0.25) is 4.79 Å². The molecule has 5 nitrogen and oxygen atoms in total. The molecule has 0 spiro atoms. The summed E-state index contributed by atoms with van der Waals surface area (Å²) >= 11 is 2.86. The van der Waals surface area contributed by atoms with Crippen molar-refractivity contribution in [1.29, 1.82) is 0 Å². The van der Waals surface area contributed by atoms with Crippen LogP contribution >= 0.6 is 23.5 Å². The summed E-state index contributed by atoms with van der Waals surface area (Å²) in [6.07, 6.45) is 1.97. The Morgan fingerprint density at radius 3 is 2.67 bits per heavy atom. The fourth-order valence-corrected chi connectivity index (χ4v) is 2.74. The summed E-state index contributed by atoms with van der Waals surface area (Å²) < 4.78 is 5.41. The van der Waals surface area contributed by atoms with Crippen molar-refractivity contribution in [2.24, 2.45) is 0 Å². The van der Waals surface area contributed by atoms with Gasteiger partial charge in [0.05, 0.1) is 11.5 Å². The van der Waals surface area contributed by atoms with Gasteiger partial charge in [0, 0.05) is 5.69 Å². The maximum Gasteiger partial charge on any atom is 0.277 e. The minimum absolute atomic E-state index is 0.0815. The Morgan fingerprint density at radius 2 is 2.00 bits per heavy atom. The normalized spacial score (nSPS) is 10.6. The van der Waals surface area contributed by atoms with E-state index in [0.717, 1.165) is 16.8 Å². The summed E-state index contributed by atoms with van der Waals surface area (Å²) in [7, 11) is 0. The molecule has 0 radical (unpaired) electrons. The zero-order valence-electron chi connectivity index (χ0n) is 12.2. The second kappa shape index (κ2) is 7.51. The molecule has 0 saturated heterocycles. The molecule has 0 bridgehead atoms. The van der Waals surface area contributed by atoms with Crippen LogP contribution in [0.4, 0.5) is 5.69 Å². The number of benzene rings is 1. The van der Waals surface area contributed by atoms with Gasteiger partial charge in [0.25, 0.3) is 5.22 Å². The number of aryl methyl sites for hydroxylation is 2. The van der Waals surface area contributed by atoms with Gasteiger partial charge in [0.1, 0.15) is 0 Å². The Bertz CT molecular complexity index is 608. The second-order valence-corrected chi connectivity index (χ2v) is 6.29. The second-order valence-electron chi connectivity index (χ2n) is 4.50. The number of amides is 1. The molecule has 21 heavy (non-hydrogen) atoms. The SMILES string of the molecule is CSCc1nnc(SCC(=O)Nc2c(C)cccc2C)o1. The maximum atomic E-state index is 12.0. The number of nitrogens with one attached hydrogen (secondary N) is 1.